The van der Waals surface area contributed by atoms with E-state index in [0.717, 1.165) is 0 Å². The molecule has 0 aliphatic carbocycles. The quantitative estimate of drug-likeness (QED) is 0.126. The Balaban J connectivity index is 1.62. The van der Waals surface area contributed by atoms with Crippen molar-refractivity contribution in [3.05, 3.63) is 84.9 Å². The lowest BCUT2D eigenvalue weighted by atomic mass is 9.57. The summed E-state index contributed by atoms with van der Waals surface area (Å²) in [5.74, 6) is 0. The third kappa shape index (κ3) is 5.29. The molecule has 0 spiro atoms. The Bertz CT molecular complexity index is 3250. The van der Waals surface area contributed by atoms with Gasteiger partial charge in [-0.3, -0.25) is 0 Å². The Morgan fingerprint density at radius 2 is 0.621 bits per heavy atom. The minimum atomic E-state index is 1.28. The van der Waals surface area contributed by atoms with Crippen LogP contribution in [0.1, 0.15) is 0 Å². The van der Waals surface area contributed by atoms with Crippen molar-refractivity contribution in [2.45, 2.75) is 0 Å². The highest BCUT2D eigenvalue weighted by atomic mass is 14.3. The molecule has 58 heavy (non-hydrogen) atoms. The zero-order valence-electron chi connectivity index (χ0n) is 37.1. The van der Waals surface area contributed by atoms with Crippen LogP contribution >= 0.6 is 0 Å². The smallest absolute Gasteiger partial charge is 0.101 e. The fourth-order valence-corrected chi connectivity index (χ4v) is 10.8. The summed E-state index contributed by atoms with van der Waals surface area (Å²) < 4.78 is 0. The van der Waals surface area contributed by atoms with Crippen molar-refractivity contribution in [2.75, 3.05) is 0 Å². The Labute approximate surface area is 356 Å². The number of hydrogen-bond acceptors (Lipinski definition) is 0. The molecule has 9 aromatic carbocycles. The van der Waals surface area contributed by atoms with E-state index in [-0.39, 0.29) is 0 Å². The highest BCUT2D eigenvalue weighted by molar-refractivity contribution is 6.73. The standard InChI is InChI=1S/C44H42B14/c45-31-21(18-13-12-15-6-1-2-8-17(15)14-18)24-30(38(52)44(58)39(53)33(24)47)29(32(31)46)23-27-25(34(48)40(54)42(56)36(27)50)22(20-11-5-9-16-7-3-4-10-19(16)20)26-28(23)37(51)43(57)41(55)35(26)49/h1-14H,45-58H2. The topological polar surface area (TPSA) is 0 Å². The van der Waals surface area contributed by atoms with E-state index in [9.17, 15) is 0 Å². The van der Waals surface area contributed by atoms with Crippen molar-refractivity contribution in [2.24, 2.45) is 0 Å². The Kier molecular flexibility index (Phi) is 9.27. The highest BCUT2D eigenvalue weighted by Crippen LogP contribution is 2.44. The molecular weight excluding hydrogens is 680 g/mol. The minimum absolute atomic E-state index is 1.28. The predicted molar refractivity (Wildman–Crippen MR) is 305 cm³/mol. The molecule has 260 valence electrons. The Morgan fingerprint density at radius 1 is 0.241 bits per heavy atom. The van der Waals surface area contributed by atoms with Gasteiger partial charge in [-0.1, -0.05) is 123 Å². The van der Waals surface area contributed by atoms with Gasteiger partial charge in [-0.2, -0.15) is 0 Å². The summed E-state index contributed by atoms with van der Waals surface area (Å²) in [6.45, 7) is 0. The van der Waals surface area contributed by atoms with Gasteiger partial charge in [0.05, 0.1) is 0 Å². The molecule has 0 aromatic heterocycles. The first-order chi connectivity index (χ1) is 27.7. The molecule has 0 aliphatic rings. The third-order valence-corrected chi connectivity index (χ3v) is 15.2. The molecule has 0 amide bonds. The van der Waals surface area contributed by atoms with Gasteiger partial charge in [0, 0.05) is 0 Å². The molecule has 0 fully saturated rings. The molecule has 0 heterocycles. The largest absolute Gasteiger partial charge is 0.139 e. The maximum atomic E-state index is 2.42. The zero-order valence-corrected chi connectivity index (χ0v) is 37.1. The second-order valence-corrected chi connectivity index (χ2v) is 17.6. The summed E-state index contributed by atoms with van der Waals surface area (Å²) in [4.78, 5) is 0. The molecule has 0 atom stereocenters. The van der Waals surface area contributed by atoms with Crippen LogP contribution in [0.4, 0.5) is 0 Å². The molecule has 0 nitrogen and oxygen atoms in total. The number of rotatable bonds is 3. The number of benzene rings is 9. The lowest BCUT2D eigenvalue weighted by Crippen LogP contribution is -2.50. The van der Waals surface area contributed by atoms with E-state index in [1.54, 1.807) is 0 Å². The SMILES string of the molecule is Bc1c(B)c(B)c2c(-c3c4c(B)c(B)c(B)c(B)c4c(-c4cccc5ccccc45)c4c(B)c(B)c(B)c(B)c34)c(B)c(B)c(-c3ccc4ccccc4c3)c2c1B. The van der Waals surface area contributed by atoms with Gasteiger partial charge in [-0.05, 0) is 93.3 Å². The maximum Gasteiger partial charge on any atom is 0.139 e. The molecule has 0 radical (unpaired) electrons. The summed E-state index contributed by atoms with van der Waals surface area (Å²) >= 11 is 0. The van der Waals surface area contributed by atoms with E-state index in [0.29, 0.717) is 0 Å². The summed E-state index contributed by atoms with van der Waals surface area (Å²) in [5.41, 5.74) is 27.5. The van der Waals surface area contributed by atoms with Crippen LogP contribution in [0.2, 0.25) is 0 Å². The van der Waals surface area contributed by atoms with Crippen LogP contribution in [0.25, 0.3) is 87.2 Å². The lowest BCUT2D eigenvalue weighted by Gasteiger charge is -2.31. The molecule has 0 bridgehead atoms. The van der Waals surface area contributed by atoms with Crippen molar-refractivity contribution < 1.29 is 0 Å². The van der Waals surface area contributed by atoms with Crippen LogP contribution in [0.5, 0.6) is 0 Å². The van der Waals surface area contributed by atoms with Gasteiger partial charge in [-0.25, -0.2) is 0 Å². The fraction of sp³-hybridized carbons (Fsp3) is 0. The van der Waals surface area contributed by atoms with Crippen molar-refractivity contribution >= 4 is 240 Å². The van der Waals surface area contributed by atoms with E-state index in [1.807, 2.05) is 0 Å². The van der Waals surface area contributed by atoms with Crippen LogP contribution in [0.3, 0.4) is 0 Å². The van der Waals surface area contributed by atoms with E-state index in [1.165, 1.54) is 164 Å². The lowest BCUT2D eigenvalue weighted by molar-refractivity contribution is 1.72. The van der Waals surface area contributed by atoms with Crippen LogP contribution in [-0.2, 0) is 0 Å². The number of hydrogen-bond donors (Lipinski definition) is 0. The molecule has 0 saturated carbocycles. The summed E-state index contributed by atoms with van der Waals surface area (Å²) in [5, 5.41) is 13.5. The molecule has 9 aromatic rings. The molecule has 0 unspecified atom stereocenters. The monoisotopic (exact) mass is 724 g/mol. The second-order valence-electron chi connectivity index (χ2n) is 17.6. The fourth-order valence-electron chi connectivity index (χ4n) is 10.8. The van der Waals surface area contributed by atoms with Gasteiger partial charge in [0.15, 0.2) is 0 Å². The summed E-state index contributed by atoms with van der Waals surface area (Å²) in [7, 11) is 33.2. The Morgan fingerprint density at radius 3 is 1.14 bits per heavy atom. The van der Waals surface area contributed by atoms with Gasteiger partial charge in [-0.15, -0.1) is 32.8 Å². The van der Waals surface area contributed by atoms with Crippen LogP contribution < -0.4 is 76.5 Å². The van der Waals surface area contributed by atoms with Gasteiger partial charge >= 0.3 is 0 Å². The minimum Gasteiger partial charge on any atom is -0.101 e. The first-order valence-electron chi connectivity index (χ1n) is 21.1. The van der Waals surface area contributed by atoms with E-state index in [2.05, 4.69) is 195 Å². The highest BCUT2D eigenvalue weighted by Gasteiger charge is 2.29. The van der Waals surface area contributed by atoms with Crippen LogP contribution in [-0.4, -0.2) is 110 Å². The molecule has 0 aliphatic heterocycles. The Hall–Kier alpha value is -4.81. The van der Waals surface area contributed by atoms with Crippen LogP contribution in [0, 0.1) is 0 Å². The average Bonchev–Trinajstić information content (AvgIpc) is 3.24. The molecule has 0 saturated heterocycles. The summed E-state index contributed by atoms with van der Waals surface area (Å²) in [6.07, 6.45) is 0. The van der Waals surface area contributed by atoms with E-state index < -0.39 is 0 Å². The van der Waals surface area contributed by atoms with Crippen molar-refractivity contribution in [1.82, 2.24) is 0 Å². The molecular formula is C44H42B14. The normalized spacial score (nSPS) is 11.7. The van der Waals surface area contributed by atoms with Crippen LogP contribution in [0.15, 0.2) is 84.9 Å². The van der Waals surface area contributed by atoms with Gasteiger partial charge < -0.3 is 0 Å². The summed E-state index contributed by atoms with van der Waals surface area (Å²) in [6, 6.07) is 31.7. The average molecular weight is 722 g/mol. The van der Waals surface area contributed by atoms with Crippen molar-refractivity contribution in [3.8, 4) is 33.4 Å². The predicted octanol–water partition coefficient (Wildman–Crippen LogP) is -11.9. The van der Waals surface area contributed by atoms with Crippen molar-refractivity contribution in [1.29, 1.82) is 0 Å². The molecule has 9 rings (SSSR count). The first-order valence-corrected chi connectivity index (χ1v) is 21.1. The van der Waals surface area contributed by atoms with Gasteiger partial charge in [0.25, 0.3) is 0 Å². The maximum absolute atomic E-state index is 2.42. The van der Waals surface area contributed by atoms with E-state index >= 15 is 0 Å². The zero-order chi connectivity index (χ0) is 41.2. The van der Waals surface area contributed by atoms with Gasteiger partial charge in [0.1, 0.15) is 110 Å². The molecule has 0 N–H and O–H groups in total. The first kappa shape index (κ1) is 38.7. The third-order valence-electron chi connectivity index (χ3n) is 15.2. The number of fused-ring (bicyclic) bond motifs is 5. The second kappa shape index (κ2) is 13.9. The molecule has 14 heteroatoms. The van der Waals surface area contributed by atoms with E-state index in [4.69, 9.17) is 0 Å². The van der Waals surface area contributed by atoms with Crippen molar-refractivity contribution in [3.63, 3.8) is 0 Å². The van der Waals surface area contributed by atoms with Gasteiger partial charge in [0.2, 0.25) is 0 Å².